The lowest BCUT2D eigenvalue weighted by atomic mass is 9.90. The molecular formula is C24H30N2O9. The van der Waals surface area contributed by atoms with Crippen molar-refractivity contribution in [3.63, 3.8) is 0 Å². The third-order valence-electron chi connectivity index (χ3n) is 5.96. The molecule has 0 bridgehead atoms. The molecule has 1 saturated heterocycles. The van der Waals surface area contributed by atoms with Crippen molar-refractivity contribution in [2.45, 2.75) is 18.9 Å². The Hall–Kier alpha value is -3.73. The molecule has 1 aliphatic heterocycles. The minimum absolute atomic E-state index is 0.0880. The van der Waals surface area contributed by atoms with Crippen molar-refractivity contribution in [1.29, 1.82) is 0 Å². The molecule has 1 aliphatic rings. The number of rotatable bonds is 10. The molecule has 1 fully saturated rings. The summed E-state index contributed by atoms with van der Waals surface area (Å²) in [5.41, 5.74) is -0.201. The highest BCUT2D eigenvalue weighted by molar-refractivity contribution is 5.72. The molecule has 0 saturated carbocycles. The van der Waals surface area contributed by atoms with E-state index < -0.39 is 23.1 Å². The number of methoxy groups -OCH3 is 4. The number of hydrogen-bond donors (Lipinski definition) is 1. The van der Waals surface area contributed by atoms with E-state index in [1.54, 1.807) is 17.0 Å². The molecule has 0 unspecified atom stereocenters. The Morgan fingerprint density at radius 2 is 1.77 bits per heavy atom. The van der Waals surface area contributed by atoms with Gasteiger partial charge in [0.15, 0.2) is 17.3 Å². The van der Waals surface area contributed by atoms with Crippen LogP contribution in [0.1, 0.15) is 29.4 Å². The zero-order chi connectivity index (χ0) is 25.5. The zero-order valence-corrected chi connectivity index (χ0v) is 20.2. The second-order valence-electron chi connectivity index (χ2n) is 7.96. The van der Waals surface area contributed by atoms with Gasteiger partial charge >= 0.3 is 5.97 Å². The Bertz CT molecular complexity index is 1110. The zero-order valence-electron chi connectivity index (χ0n) is 20.2. The summed E-state index contributed by atoms with van der Waals surface area (Å²) in [6.45, 7) is 2.63. The van der Waals surface area contributed by atoms with E-state index >= 15 is 0 Å². The highest BCUT2D eigenvalue weighted by Crippen LogP contribution is 2.46. The van der Waals surface area contributed by atoms with Gasteiger partial charge in [0, 0.05) is 37.8 Å². The van der Waals surface area contributed by atoms with E-state index in [1.807, 2.05) is 4.90 Å². The summed E-state index contributed by atoms with van der Waals surface area (Å²) < 4.78 is 27.2. The molecule has 35 heavy (non-hydrogen) atoms. The Balaban J connectivity index is 2.07. The number of carbonyl (C=O) groups excluding carboxylic acids is 2. The Kier molecular flexibility index (Phi) is 8.58. The molecule has 1 N–H and O–H groups in total. The number of piperazine rings is 1. The monoisotopic (exact) mass is 490 g/mol. The lowest BCUT2D eigenvalue weighted by Gasteiger charge is -2.32. The van der Waals surface area contributed by atoms with E-state index in [0.717, 1.165) is 6.41 Å². The highest BCUT2D eigenvalue weighted by Gasteiger charge is 2.31. The van der Waals surface area contributed by atoms with E-state index in [-0.39, 0.29) is 23.7 Å². The first kappa shape index (κ1) is 25.9. The number of aromatic hydroxyl groups is 1. The molecule has 1 aromatic heterocycles. The summed E-state index contributed by atoms with van der Waals surface area (Å²) in [6, 6.07) is 4.51. The van der Waals surface area contributed by atoms with Gasteiger partial charge in [0.1, 0.15) is 5.76 Å². The number of amides is 1. The normalized spacial score (nSPS) is 14.8. The third-order valence-corrected chi connectivity index (χ3v) is 5.96. The topological polar surface area (TPSA) is 128 Å². The summed E-state index contributed by atoms with van der Waals surface area (Å²) in [5, 5.41) is 10.7. The first-order valence-electron chi connectivity index (χ1n) is 11.0. The molecule has 1 atom stereocenters. The summed E-state index contributed by atoms with van der Waals surface area (Å²) in [5.74, 6) is -0.927. The van der Waals surface area contributed by atoms with Crippen LogP contribution in [0.4, 0.5) is 0 Å². The second-order valence-corrected chi connectivity index (χ2v) is 7.96. The van der Waals surface area contributed by atoms with Crippen LogP contribution in [-0.2, 0) is 20.9 Å². The Morgan fingerprint density at radius 1 is 1.09 bits per heavy atom. The first-order chi connectivity index (χ1) is 16.9. The molecule has 11 heteroatoms. The van der Waals surface area contributed by atoms with E-state index in [1.165, 1.54) is 34.5 Å². The van der Waals surface area contributed by atoms with E-state index in [2.05, 4.69) is 0 Å². The molecule has 0 radical (unpaired) electrons. The van der Waals surface area contributed by atoms with Crippen molar-refractivity contribution in [3.8, 4) is 23.0 Å². The average Bonchev–Trinajstić information content (AvgIpc) is 2.88. The number of carbonyl (C=O) groups is 2. The molecule has 11 nitrogen and oxygen atoms in total. The summed E-state index contributed by atoms with van der Waals surface area (Å²) in [4.78, 5) is 39.7. The van der Waals surface area contributed by atoms with Crippen molar-refractivity contribution in [2.24, 2.45) is 0 Å². The van der Waals surface area contributed by atoms with Crippen molar-refractivity contribution in [2.75, 3.05) is 54.6 Å². The molecule has 1 aromatic carbocycles. The van der Waals surface area contributed by atoms with Gasteiger partial charge < -0.3 is 33.4 Å². The number of nitrogens with zero attached hydrogens (tertiary/aromatic N) is 2. The molecule has 0 spiro atoms. The van der Waals surface area contributed by atoms with Crippen molar-refractivity contribution < 1.29 is 38.1 Å². The quantitative estimate of drug-likeness (QED) is 0.385. The maximum atomic E-state index is 12.7. The highest BCUT2D eigenvalue weighted by atomic mass is 16.5. The number of benzene rings is 1. The van der Waals surface area contributed by atoms with Crippen LogP contribution in [0.3, 0.4) is 0 Å². The fourth-order valence-corrected chi connectivity index (χ4v) is 4.11. The van der Waals surface area contributed by atoms with Gasteiger partial charge in [-0.3, -0.25) is 19.3 Å². The number of hydrogen-bond acceptors (Lipinski definition) is 10. The minimum Gasteiger partial charge on any atom is -0.502 e. The van der Waals surface area contributed by atoms with Crippen molar-refractivity contribution in [3.05, 3.63) is 45.5 Å². The van der Waals surface area contributed by atoms with Gasteiger partial charge in [-0.2, -0.15) is 0 Å². The van der Waals surface area contributed by atoms with Gasteiger partial charge in [0.05, 0.1) is 47.3 Å². The van der Waals surface area contributed by atoms with Crippen molar-refractivity contribution >= 4 is 12.4 Å². The van der Waals surface area contributed by atoms with E-state index in [0.29, 0.717) is 49.8 Å². The molecule has 3 rings (SSSR count). The van der Waals surface area contributed by atoms with Crippen LogP contribution >= 0.6 is 0 Å². The predicted molar refractivity (Wildman–Crippen MR) is 124 cm³/mol. The minimum atomic E-state index is -0.920. The smallest absolute Gasteiger partial charge is 0.306 e. The Morgan fingerprint density at radius 3 is 2.34 bits per heavy atom. The molecule has 2 aromatic rings. The van der Waals surface area contributed by atoms with Crippen LogP contribution in [0.5, 0.6) is 23.0 Å². The fourth-order valence-electron chi connectivity index (χ4n) is 4.11. The number of ether oxygens (including phenoxy) is 4. The predicted octanol–water partition coefficient (Wildman–Crippen LogP) is 1.34. The SMILES string of the molecule is COC(=O)C[C@@H](c1ccc(OC)c(OC)c1OC)c1oc(CN2CCN(C=O)CC2)cc(=O)c1O. The van der Waals surface area contributed by atoms with E-state index in [4.69, 9.17) is 23.4 Å². The average molecular weight is 491 g/mol. The Labute approximate surface area is 202 Å². The van der Waals surface area contributed by atoms with Gasteiger partial charge in [-0.25, -0.2) is 0 Å². The van der Waals surface area contributed by atoms with Crippen LogP contribution in [0.15, 0.2) is 27.4 Å². The number of esters is 1. The standard InChI is InChI=1S/C24H30N2O9/c1-31-19-6-5-16(23(33-3)24(19)34-4)17(12-20(29)32-2)22-21(30)18(28)11-15(35-22)13-25-7-9-26(14-27)10-8-25/h5-6,11,14,17,30H,7-10,12-13H2,1-4H3/t17-/m0/s1. The first-order valence-corrected chi connectivity index (χ1v) is 11.0. The van der Waals surface area contributed by atoms with Gasteiger partial charge in [0.25, 0.3) is 0 Å². The molecule has 1 amide bonds. The summed E-state index contributed by atoms with van der Waals surface area (Å²) in [7, 11) is 5.60. The molecule has 190 valence electrons. The van der Waals surface area contributed by atoms with Crippen LogP contribution in [-0.4, -0.2) is 81.9 Å². The fraction of sp³-hybridized carbons (Fsp3) is 0.458. The van der Waals surface area contributed by atoms with Crippen LogP contribution in [0.2, 0.25) is 0 Å². The van der Waals surface area contributed by atoms with Crippen LogP contribution in [0.25, 0.3) is 0 Å². The van der Waals surface area contributed by atoms with Gasteiger partial charge in [0.2, 0.25) is 23.3 Å². The summed E-state index contributed by atoms with van der Waals surface area (Å²) >= 11 is 0. The van der Waals surface area contributed by atoms with Crippen molar-refractivity contribution in [1.82, 2.24) is 9.80 Å². The van der Waals surface area contributed by atoms with Gasteiger partial charge in [-0.1, -0.05) is 6.07 Å². The lowest BCUT2D eigenvalue weighted by molar-refractivity contribution is -0.141. The lowest BCUT2D eigenvalue weighted by Crippen LogP contribution is -2.45. The molecular weight excluding hydrogens is 460 g/mol. The van der Waals surface area contributed by atoms with E-state index in [9.17, 15) is 19.5 Å². The summed E-state index contributed by atoms with van der Waals surface area (Å²) in [6.07, 6.45) is 0.574. The molecule has 2 heterocycles. The second kappa shape index (κ2) is 11.6. The molecule has 0 aliphatic carbocycles. The van der Waals surface area contributed by atoms with Crippen LogP contribution < -0.4 is 19.6 Å². The third kappa shape index (κ3) is 5.68. The van der Waals surface area contributed by atoms with Crippen LogP contribution in [0, 0.1) is 0 Å². The van der Waals surface area contributed by atoms with Gasteiger partial charge in [-0.15, -0.1) is 0 Å². The maximum Gasteiger partial charge on any atom is 0.306 e. The van der Waals surface area contributed by atoms with Gasteiger partial charge in [-0.05, 0) is 6.07 Å². The largest absolute Gasteiger partial charge is 0.502 e. The maximum absolute atomic E-state index is 12.7.